The number of benzene rings is 2. The summed E-state index contributed by atoms with van der Waals surface area (Å²) in [4.78, 5) is 28.0. The number of carboxylic acid groups (broad SMARTS) is 1. The fourth-order valence-electron chi connectivity index (χ4n) is 2.89. The summed E-state index contributed by atoms with van der Waals surface area (Å²) in [6, 6.07) is 12.2. The molecule has 2 aromatic carbocycles. The summed E-state index contributed by atoms with van der Waals surface area (Å²) < 4.78 is 0. The van der Waals surface area contributed by atoms with Crippen molar-refractivity contribution in [3.63, 3.8) is 0 Å². The van der Waals surface area contributed by atoms with Gasteiger partial charge in [-0.3, -0.25) is 9.78 Å². The number of nitrogens with zero attached hydrogens (tertiary/aromatic N) is 1. The smallest absolute Gasteiger partial charge is 0.405 e. The highest BCUT2D eigenvalue weighted by molar-refractivity contribution is 6.35. The molecule has 26 heavy (non-hydrogen) atoms. The lowest BCUT2D eigenvalue weighted by Gasteiger charge is -2.25. The number of amides is 1. The SMILES string of the molecule is CC(C)(NC(=O)O)c1ccc(C(=O)c2cccc3cnccc23)c(Cl)c1. The van der Waals surface area contributed by atoms with Crippen LogP contribution in [-0.4, -0.2) is 22.0 Å². The maximum atomic E-state index is 13.0. The van der Waals surface area contributed by atoms with E-state index in [0.717, 1.165) is 10.8 Å². The Kier molecular flexibility index (Phi) is 4.66. The van der Waals surface area contributed by atoms with Gasteiger partial charge in [-0.15, -0.1) is 0 Å². The highest BCUT2D eigenvalue weighted by atomic mass is 35.5. The summed E-state index contributed by atoms with van der Waals surface area (Å²) in [5.74, 6) is -0.192. The lowest BCUT2D eigenvalue weighted by atomic mass is 9.91. The van der Waals surface area contributed by atoms with Gasteiger partial charge in [0.15, 0.2) is 5.78 Å². The van der Waals surface area contributed by atoms with Gasteiger partial charge in [0.25, 0.3) is 0 Å². The normalized spacial score (nSPS) is 11.3. The van der Waals surface area contributed by atoms with Crippen molar-refractivity contribution in [2.45, 2.75) is 19.4 Å². The average molecular weight is 369 g/mol. The average Bonchev–Trinajstić information content (AvgIpc) is 2.59. The molecule has 1 aromatic heterocycles. The van der Waals surface area contributed by atoms with Crippen molar-refractivity contribution in [3.8, 4) is 0 Å². The summed E-state index contributed by atoms with van der Waals surface area (Å²) in [6.45, 7) is 3.46. The molecule has 0 aliphatic heterocycles. The third-order valence-electron chi connectivity index (χ3n) is 4.28. The molecule has 0 bridgehead atoms. The number of pyridine rings is 1. The molecule has 2 N–H and O–H groups in total. The van der Waals surface area contributed by atoms with E-state index in [9.17, 15) is 9.59 Å². The topological polar surface area (TPSA) is 79.3 Å². The number of hydrogen-bond acceptors (Lipinski definition) is 3. The number of halogens is 1. The van der Waals surface area contributed by atoms with Crippen LogP contribution in [-0.2, 0) is 5.54 Å². The summed E-state index contributed by atoms with van der Waals surface area (Å²) in [7, 11) is 0. The van der Waals surface area contributed by atoms with Crippen LogP contribution in [0.4, 0.5) is 4.79 Å². The van der Waals surface area contributed by atoms with Crippen molar-refractivity contribution in [2.75, 3.05) is 0 Å². The van der Waals surface area contributed by atoms with Gasteiger partial charge >= 0.3 is 6.09 Å². The van der Waals surface area contributed by atoms with Gasteiger partial charge in [0.1, 0.15) is 0 Å². The van der Waals surface area contributed by atoms with Gasteiger partial charge in [-0.05, 0) is 43.0 Å². The van der Waals surface area contributed by atoms with Gasteiger partial charge < -0.3 is 10.4 Å². The number of fused-ring (bicyclic) bond motifs is 1. The van der Waals surface area contributed by atoms with E-state index >= 15 is 0 Å². The molecule has 6 heteroatoms. The first-order valence-corrected chi connectivity index (χ1v) is 8.36. The van der Waals surface area contributed by atoms with Crippen LogP contribution in [0.3, 0.4) is 0 Å². The van der Waals surface area contributed by atoms with Crippen LogP contribution in [0.15, 0.2) is 54.9 Å². The van der Waals surface area contributed by atoms with E-state index in [0.29, 0.717) is 16.7 Å². The van der Waals surface area contributed by atoms with Crippen molar-refractivity contribution in [1.29, 1.82) is 0 Å². The van der Waals surface area contributed by atoms with Crippen molar-refractivity contribution in [1.82, 2.24) is 10.3 Å². The minimum atomic E-state index is -1.13. The second-order valence-electron chi connectivity index (χ2n) is 6.48. The maximum Gasteiger partial charge on any atom is 0.405 e. The minimum Gasteiger partial charge on any atom is -0.465 e. The lowest BCUT2D eigenvalue weighted by molar-refractivity contribution is 0.104. The highest BCUT2D eigenvalue weighted by Gasteiger charge is 2.24. The number of aromatic nitrogens is 1. The zero-order valence-corrected chi connectivity index (χ0v) is 15.0. The lowest BCUT2D eigenvalue weighted by Crippen LogP contribution is -2.40. The van der Waals surface area contributed by atoms with Gasteiger partial charge in [0.05, 0.1) is 10.6 Å². The standard InChI is InChI=1S/C20H17ClN2O3/c1-20(2,23-19(25)26)13-6-7-16(17(21)10-13)18(24)15-5-3-4-12-11-22-9-8-14(12)15/h3-11,23H,1-2H3,(H,25,26). The van der Waals surface area contributed by atoms with E-state index in [1.807, 2.05) is 6.07 Å². The molecule has 0 spiro atoms. The molecule has 0 saturated heterocycles. The Morgan fingerprint density at radius 2 is 1.88 bits per heavy atom. The molecule has 5 nitrogen and oxygen atoms in total. The fraction of sp³-hybridized carbons (Fsp3) is 0.150. The number of rotatable bonds is 4. The number of carbonyl (C=O) groups is 2. The first kappa shape index (κ1) is 17.9. The molecule has 3 aromatic rings. The van der Waals surface area contributed by atoms with Crippen LogP contribution in [0.25, 0.3) is 10.8 Å². The van der Waals surface area contributed by atoms with E-state index in [1.165, 1.54) is 0 Å². The summed E-state index contributed by atoms with van der Waals surface area (Å²) >= 11 is 6.36. The van der Waals surface area contributed by atoms with E-state index in [2.05, 4.69) is 10.3 Å². The molecule has 1 amide bonds. The van der Waals surface area contributed by atoms with Gasteiger partial charge in [-0.25, -0.2) is 4.79 Å². The van der Waals surface area contributed by atoms with Gasteiger partial charge in [0.2, 0.25) is 0 Å². The summed E-state index contributed by atoms with van der Waals surface area (Å²) in [5, 5.41) is 13.4. The minimum absolute atomic E-state index is 0.192. The Morgan fingerprint density at radius 3 is 2.58 bits per heavy atom. The van der Waals surface area contributed by atoms with Gasteiger partial charge in [-0.1, -0.05) is 35.9 Å². The Morgan fingerprint density at radius 1 is 1.12 bits per heavy atom. The zero-order valence-electron chi connectivity index (χ0n) is 14.3. The molecule has 3 rings (SSSR count). The quantitative estimate of drug-likeness (QED) is 0.658. The van der Waals surface area contributed by atoms with Crippen LogP contribution in [0.5, 0.6) is 0 Å². The third-order valence-corrected chi connectivity index (χ3v) is 4.59. The second-order valence-corrected chi connectivity index (χ2v) is 6.89. The van der Waals surface area contributed by atoms with Crippen LogP contribution >= 0.6 is 11.6 Å². The predicted octanol–water partition coefficient (Wildman–Crippen LogP) is 4.62. The summed E-state index contributed by atoms with van der Waals surface area (Å²) in [5.41, 5.74) is 0.749. The molecule has 0 aliphatic rings. The molecule has 0 fully saturated rings. The molecule has 0 atom stereocenters. The Balaban J connectivity index is 2.02. The van der Waals surface area contributed by atoms with E-state index in [4.69, 9.17) is 16.7 Å². The van der Waals surface area contributed by atoms with Crippen molar-refractivity contribution < 1.29 is 14.7 Å². The number of nitrogens with one attached hydrogen (secondary N) is 1. The van der Waals surface area contributed by atoms with Crippen LogP contribution in [0.1, 0.15) is 35.3 Å². The molecule has 132 valence electrons. The van der Waals surface area contributed by atoms with Crippen molar-refractivity contribution >= 4 is 34.2 Å². The van der Waals surface area contributed by atoms with Gasteiger partial charge in [-0.2, -0.15) is 0 Å². The Bertz CT molecular complexity index is 1010. The first-order chi connectivity index (χ1) is 12.3. The molecule has 0 radical (unpaired) electrons. The molecule has 0 saturated carbocycles. The largest absolute Gasteiger partial charge is 0.465 e. The van der Waals surface area contributed by atoms with Crippen LogP contribution in [0.2, 0.25) is 5.02 Å². The zero-order chi connectivity index (χ0) is 18.9. The van der Waals surface area contributed by atoms with Crippen molar-refractivity contribution in [2.24, 2.45) is 0 Å². The number of carbonyl (C=O) groups excluding carboxylic acids is 1. The molecular formula is C20H17ClN2O3. The molecule has 0 aliphatic carbocycles. The number of ketones is 1. The molecular weight excluding hydrogens is 352 g/mol. The monoisotopic (exact) mass is 368 g/mol. The maximum absolute atomic E-state index is 13.0. The molecule has 0 unspecified atom stereocenters. The van der Waals surface area contributed by atoms with E-state index < -0.39 is 11.6 Å². The molecule has 1 heterocycles. The predicted molar refractivity (Wildman–Crippen MR) is 101 cm³/mol. The first-order valence-electron chi connectivity index (χ1n) is 7.98. The van der Waals surface area contributed by atoms with E-state index in [-0.39, 0.29) is 10.8 Å². The van der Waals surface area contributed by atoms with Crippen LogP contribution in [0, 0.1) is 0 Å². The van der Waals surface area contributed by atoms with Crippen molar-refractivity contribution in [3.05, 3.63) is 76.6 Å². The second kappa shape index (κ2) is 6.77. The van der Waals surface area contributed by atoms with E-state index in [1.54, 1.807) is 62.6 Å². The Hall–Kier alpha value is -2.92. The van der Waals surface area contributed by atoms with Crippen LogP contribution < -0.4 is 5.32 Å². The third kappa shape index (κ3) is 3.39. The Labute approximate surface area is 155 Å². The summed E-state index contributed by atoms with van der Waals surface area (Å²) in [6.07, 6.45) is 2.22. The fourth-order valence-corrected chi connectivity index (χ4v) is 3.16. The van der Waals surface area contributed by atoms with Gasteiger partial charge in [0, 0.05) is 28.9 Å². The highest BCUT2D eigenvalue weighted by Crippen LogP contribution is 2.29. The number of hydrogen-bond donors (Lipinski definition) is 2.